The molecule has 116 valence electrons. The van der Waals surface area contributed by atoms with Crippen LogP contribution in [0.5, 0.6) is 0 Å². The highest BCUT2D eigenvalue weighted by Crippen LogP contribution is 2.17. The first-order valence-electron chi connectivity index (χ1n) is 6.06. The van der Waals surface area contributed by atoms with Crippen molar-refractivity contribution in [3.8, 4) is 0 Å². The molecule has 21 heavy (non-hydrogen) atoms. The summed E-state index contributed by atoms with van der Waals surface area (Å²) in [6, 6.07) is 2.26. The largest absolute Gasteiger partial charge is 0.491 e. The van der Waals surface area contributed by atoms with Crippen LogP contribution in [0, 0.1) is 0 Å². The molecule has 1 aliphatic rings. The van der Waals surface area contributed by atoms with Crippen molar-refractivity contribution >= 4 is 11.9 Å². The predicted octanol–water partition coefficient (Wildman–Crippen LogP) is 0.506. The molecule has 0 radical (unpaired) electrons. The van der Waals surface area contributed by atoms with Crippen LogP contribution < -0.4 is 10.6 Å². The van der Waals surface area contributed by atoms with E-state index in [9.17, 15) is 22.8 Å². The third kappa shape index (κ3) is 6.82. The van der Waals surface area contributed by atoms with Crippen LogP contribution in [-0.4, -0.2) is 49.3 Å². The Morgan fingerprint density at radius 2 is 1.52 bits per heavy atom. The van der Waals surface area contributed by atoms with Crippen molar-refractivity contribution in [1.82, 2.24) is 15.6 Å². The number of pyridine rings is 1. The van der Waals surface area contributed by atoms with Crippen molar-refractivity contribution in [2.45, 2.75) is 6.18 Å². The van der Waals surface area contributed by atoms with Crippen LogP contribution in [0.2, 0.25) is 0 Å². The minimum Gasteiger partial charge on any atom is -0.383 e. The number of esters is 2. The Morgan fingerprint density at radius 1 is 1.05 bits per heavy atom. The minimum atomic E-state index is -5.18. The maximum atomic E-state index is 11.7. The van der Waals surface area contributed by atoms with E-state index in [1.807, 2.05) is 0 Å². The van der Waals surface area contributed by atoms with Crippen molar-refractivity contribution in [2.24, 2.45) is 0 Å². The fourth-order valence-corrected chi connectivity index (χ4v) is 1.29. The van der Waals surface area contributed by atoms with Gasteiger partial charge in [-0.3, -0.25) is 4.98 Å². The Kier molecular flexibility index (Phi) is 6.76. The summed E-state index contributed by atoms with van der Waals surface area (Å²) in [6.07, 6.45) is -2.80. The fourth-order valence-electron chi connectivity index (χ4n) is 1.29. The number of hydrogen-bond donors (Lipinski definition) is 2. The van der Waals surface area contributed by atoms with Crippen molar-refractivity contribution in [3.05, 3.63) is 30.1 Å². The van der Waals surface area contributed by atoms with Gasteiger partial charge < -0.3 is 15.4 Å². The lowest BCUT2D eigenvalue weighted by atomic mass is 10.3. The molecule has 0 aliphatic carbocycles. The molecule has 6 nitrogen and oxygen atoms in total. The van der Waals surface area contributed by atoms with Gasteiger partial charge in [-0.2, -0.15) is 13.2 Å². The van der Waals surface area contributed by atoms with E-state index in [4.69, 9.17) is 0 Å². The van der Waals surface area contributed by atoms with Gasteiger partial charge in [0, 0.05) is 38.6 Å². The molecule has 0 saturated carbocycles. The van der Waals surface area contributed by atoms with Gasteiger partial charge in [-0.25, -0.2) is 9.59 Å². The Balaban J connectivity index is 0.000000304. The molecular formula is C12H14F3N3O3. The number of aromatic nitrogens is 1. The first-order chi connectivity index (χ1) is 9.91. The summed E-state index contributed by atoms with van der Waals surface area (Å²) >= 11 is 0. The minimum absolute atomic E-state index is 0.178. The number of nitrogens with zero attached hydrogens (tertiary/aromatic N) is 1. The average Bonchev–Trinajstić information content (AvgIpc) is 2.49. The molecule has 1 aromatic heterocycles. The van der Waals surface area contributed by atoms with Gasteiger partial charge in [0.25, 0.3) is 0 Å². The summed E-state index contributed by atoms with van der Waals surface area (Å²) in [5.41, 5.74) is -0.178. The number of piperazine rings is 1. The molecule has 1 saturated heterocycles. The van der Waals surface area contributed by atoms with Crippen LogP contribution in [0.3, 0.4) is 0 Å². The first kappa shape index (κ1) is 17.1. The van der Waals surface area contributed by atoms with Gasteiger partial charge in [-0.05, 0) is 12.1 Å². The second kappa shape index (κ2) is 8.32. The van der Waals surface area contributed by atoms with Gasteiger partial charge >= 0.3 is 18.1 Å². The molecule has 0 aromatic carbocycles. The molecule has 0 spiro atoms. The lowest BCUT2D eigenvalue weighted by molar-refractivity contribution is -0.193. The van der Waals surface area contributed by atoms with E-state index < -0.39 is 18.1 Å². The van der Waals surface area contributed by atoms with Gasteiger partial charge in [0.1, 0.15) is 0 Å². The van der Waals surface area contributed by atoms with Crippen LogP contribution in [0.4, 0.5) is 13.2 Å². The highest BCUT2D eigenvalue weighted by molar-refractivity contribution is 5.97. The smallest absolute Gasteiger partial charge is 0.383 e. The van der Waals surface area contributed by atoms with E-state index in [0.29, 0.717) is 0 Å². The summed E-state index contributed by atoms with van der Waals surface area (Å²) in [4.78, 5) is 24.7. The fraction of sp³-hybridized carbons (Fsp3) is 0.417. The molecule has 1 aromatic rings. The molecule has 9 heteroatoms. The third-order valence-electron chi connectivity index (χ3n) is 2.29. The zero-order valence-electron chi connectivity index (χ0n) is 10.9. The van der Waals surface area contributed by atoms with Crippen LogP contribution in [0.1, 0.15) is 10.4 Å². The summed E-state index contributed by atoms with van der Waals surface area (Å²) < 4.78 is 38.6. The molecular weight excluding hydrogens is 291 g/mol. The van der Waals surface area contributed by atoms with Crippen molar-refractivity contribution < 1.29 is 27.5 Å². The number of halogens is 3. The van der Waals surface area contributed by atoms with Crippen molar-refractivity contribution in [1.29, 1.82) is 0 Å². The molecule has 1 aliphatic heterocycles. The maximum Gasteiger partial charge on any atom is 0.491 e. The van der Waals surface area contributed by atoms with E-state index in [1.165, 1.54) is 12.4 Å². The molecule has 2 N–H and O–H groups in total. The van der Waals surface area contributed by atoms with E-state index >= 15 is 0 Å². The number of hydrogen-bond acceptors (Lipinski definition) is 6. The quantitative estimate of drug-likeness (QED) is 0.581. The van der Waals surface area contributed by atoms with Crippen LogP contribution in [-0.2, 0) is 9.53 Å². The second-order valence-corrected chi connectivity index (χ2v) is 3.91. The standard InChI is InChI=1S/C8H4F3NO3.C4H10N2/c9-8(10,11)7(14)15-6(13)5-1-3-12-4-2-5;1-2-6-4-3-5-1/h1-4H;5-6H,1-4H2. The average molecular weight is 305 g/mol. The molecule has 2 rings (SSSR count). The first-order valence-corrected chi connectivity index (χ1v) is 6.06. The van der Waals surface area contributed by atoms with E-state index in [1.54, 1.807) is 0 Å². The highest BCUT2D eigenvalue weighted by atomic mass is 19.4. The number of alkyl halides is 3. The van der Waals surface area contributed by atoms with Gasteiger partial charge in [0.15, 0.2) is 0 Å². The zero-order chi connectivity index (χ0) is 15.7. The Hall–Kier alpha value is -2.00. The molecule has 0 atom stereocenters. The van der Waals surface area contributed by atoms with E-state index in [-0.39, 0.29) is 5.56 Å². The number of nitrogens with one attached hydrogen (secondary N) is 2. The maximum absolute atomic E-state index is 11.7. The topological polar surface area (TPSA) is 80.3 Å². The summed E-state index contributed by atoms with van der Waals surface area (Å²) in [5.74, 6) is -3.90. The Morgan fingerprint density at radius 3 is 1.90 bits per heavy atom. The highest BCUT2D eigenvalue weighted by Gasteiger charge is 2.42. The van der Waals surface area contributed by atoms with Gasteiger partial charge in [-0.1, -0.05) is 0 Å². The molecule has 0 unspecified atom stereocenters. The van der Waals surface area contributed by atoms with Gasteiger partial charge in [-0.15, -0.1) is 0 Å². The Labute approximate surface area is 118 Å². The summed E-state index contributed by atoms with van der Waals surface area (Å²) in [7, 11) is 0. The zero-order valence-corrected chi connectivity index (χ0v) is 10.9. The van der Waals surface area contributed by atoms with E-state index in [0.717, 1.165) is 38.3 Å². The number of carbonyl (C=O) groups is 2. The van der Waals surface area contributed by atoms with Gasteiger partial charge in [0.2, 0.25) is 0 Å². The SMILES string of the molecule is C1CNCCN1.O=C(OC(=O)C(F)(F)F)c1ccncc1. The molecule has 1 fully saturated rings. The second-order valence-electron chi connectivity index (χ2n) is 3.91. The third-order valence-corrected chi connectivity index (χ3v) is 2.29. The molecule has 0 amide bonds. The van der Waals surface area contributed by atoms with E-state index in [2.05, 4.69) is 20.4 Å². The van der Waals surface area contributed by atoms with Crippen molar-refractivity contribution in [2.75, 3.05) is 26.2 Å². The summed E-state index contributed by atoms with van der Waals surface area (Å²) in [5, 5.41) is 6.44. The van der Waals surface area contributed by atoms with Crippen LogP contribution in [0.25, 0.3) is 0 Å². The number of rotatable bonds is 1. The van der Waals surface area contributed by atoms with Crippen molar-refractivity contribution in [3.63, 3.8) is 0 Å². The lowest BCUT2D eigenvalue weighted by Gasteiger charge is -2.11. The van der Waals surface area contributed by atoms with Gasteiger partial charge in [0.05, 0.1) is 5.56 Å². The van der Waals surface area contributed by atoms with Crippen LogP contribution in [0.15, 0.2) is 24.5 Å². The normalized spacial score (nSPS) is 14.6. The number of carbonyl (C=O) groups excluding carboxylic acids is 2. The summed E-state index contributed by atoms with van der Waals surface area (Å²) in [6.45, 7) is 4.56. The predicted molar refractivity (Wildman–Crippen MR) is 66.5 cm³/mol. The number of ether oxygens (including phenoxy) is 1. The molecule has 0 bridgehead atoms. The van der Waals surface area contributed by atoms with Crippen LogP contribution >= 0.6 is 0 Å². The monoisotopic (exact) mass is 305 g/mol. The lowest BCUT2D eigenvalue weighted by Crippen LogP contribution is -2.39. The Bertz CT molecular complexity index is 450. The molecule has 2 heterocycles.